The fourth-order valence-corrected chi connectivity index (χ4v) is 5.68. The number of alkyl halides is 9. The number of fused-ring (bicyclic) bond motifs is 1. The number of carbonyl (C=O) groups is 1. The molecule has 0 aliphatic carbocycles. The molecular weight excluding hydrogens is 691 g/mol. The van der Waals surface area contributed by atoms with Gasteiger partial charge in [-0.1, -0.05) is 6.92 Å². The van der Waals surface area contributed by atoms with Crippen molar-refractivity contribution < 1.29 is 63.6 Å². The van der Waals surface area contributed by atoms with Gasteiger partial charge in [0.25, 0.3) is 0 Å². The van der Waals surface area contributed by atoms with E-state index in [1.54, 1.807) is 13.8 Å². The van der Waals surface area contributed by atoms with E-state index >= 15 is 0 Å². The second-order valence-electron chi connectivity index (χ2n) is 11.2. The van der Waals surface area contributed by atoms with Gasteiger partial charge in [-0.3, -0.25) is 4.90 Å². The van der Waals surface area contributed by atoms with Crippen LogP contribution in [0.25, 0.3) is 0 Å². The number of anilines is 1. The molecule has 3 unspecified atom stereocenters. The molecule has 0 saturated carbocycles. The van der Waals surface area contributed by atoms with Crippen molar-refractivity contribution in [2.45, 2.75) is 63.2 Å². The highest BCUT2D eigenvalue weighted by atomic mass is 19.4. The Kier molecular flexibility index (Phi) is 11.9. The number of hydrogen-bond donors (Lipinski definition) is 2. The summed E-state index contributed by atoms with van der Waals surface area (Å²) in [4.78, 5) is 22.9. The van der Waals surface area contributed by atoms with Crippen molar-refractivity contribution in [2.75, 3.05) is 37.9 Å². The van der Waals surface area contributed by atoms with Gasteiger partial charge in [0.15, 0.2) is 5.75 Å². The summed E-state index contributed by atoms with van der Waals surface area (Å²) in [5.41, 5.74) is 1.68. The zero-order chi connectivity index (χ0) is 37.0. The molecule has 4 rings (SSSR count). The number of amides is 1. The van der Waals surface area contributed by atoms with Crippen LogP contribution in [0.1, 0.15) is 65.5 Å². The largest absolute Gasteiger partial charge is 0.488 e. The molecule has 0 saturated heterocycles. The van der Waals surface area contributed by atoms with Crippen molar-refractivity contribution in [3.63, 3.8) is 0 Å². The van der Waals surface area contributed by atoms with E-state index in [2.05, 4.69) is 9.97 Å². The summed E-state index contributed by atoms with van der Waals surface area (Å²) in [5, 5.41) is 8.92. The first-order chi connectivity index (χ1) is 23.4. The van der Waals surface area contributed by atoms with Crippen molar-refractivity contribution in [2.24, 2.45) is 5.73 Å². The SMILES string of the molecule is CCOC(=O)N1c2ccc(C(F)(F)F)cc2C(c2ncc(OCCOCCO)c(Cc3cc(C(F)(F)F)cc(C(F)(F)F)c3)n2)C(N)C1CC. The number of nitrogens with zero attached hydrogens (tertiary/aromatic N) is 3. The number of rotatable bonds is 11. The van der Waals surface area contributed by atoms with Gasteiger partial charge in [-0.25, -0.2) is 14.8 Å². The molecule has 2 aromatic carbocycles. The van der Waals surface area contributed by atoms with Gasteiger partial charge in [0.2, 0.25) is 0 Å². The Hall–Kier alpha value is -4.16. The number of benzene rings is 2. The van der Waals surface area contributed by atoms with E-state index in [9.17, 15) is 44.3 Å². The molecule has 9 nitrogen and oxygen atoms in total. The molecule has 274 valence electrons. The van der Waals surface area contributed by atoms with Crippen LogP contribution in [0.2, 0.25) is 0 Å². The monoisotopic (exact) mass is 724 g/mol. The van der Waals surface area contributed by atoms with Crippen molar-refractivity contribution in [3.05, 3.63) is 81.9 Å². The average molecular weight is 725 g/mol. The fraction of sp³-hybridized carbons (Fsp3) is 0.469. The minimum absolute atomic E-state index is 0.0224. The third-order valence-corrected chi connectivity index (χ3v) is 7.86. The lowest BCUT2D eigenvalue weighted by Gasteiger charge is -2.43. The first-order valence-corrected chi connectivity index (χ1v) is 15.3. The molecule has 50 heavy (non-hydrogen) atoms. The third kappa shape index (κ3) is 8.76. The zero-order valence-electron chi connectivity index (χ0n) is 26.6. The molecule has 1 amide bonds. The standard InChI is InChI=1S/C32H33F9N4O5/c1-3-23-27(42)26(21-15-18(30(33,34)35)5-6-24(21)45(23)29(47)49-4-2)28-43-16-25(50-10-9-48-8-7-46)22(44-28)13-17-11-19(31(36,37)38)14-20(12-17)32(39,40)41/h5-6,11-12,14-16,23,26-27,46H,3-4,7-10,13,42H2,1-2H3. The molecule has 0 spiro atoms. The number of aromatic nitrogens is 2. The smallest absolute Gasteiger partial charge is 0.416 e. The Balaban J connectivity index is 1.90. The van der Waals surface area contributed by atoms with Gasteiger partial charge < -0.3 is 25.1 Å². The van der Waals surface area contributed by atoms with Gasteiger partial charge in [-0.05, 0) is 60.9 Å². The lowest BCUT2D eigenvalue weighted by Crippen LogP contribution is -2.57. The predicted molar refractivity (Wildman–Crippen MR) is 160 cm³/mol. The van der Waals surface area contributed by atoms with E-state index in [-0.39, 0.29) is 74.0 Å². The Morgan fingerprint density at radius 3 is 2.10 bits per heavy atom. The minimum Gasteiger partial charge on any atom is -0.488 e. The number of nitrogens with two attached hydrogens (primary N) is 1. The highest BCUT2D eigenvalue weighted by Gasteiger charge is 2.45. The van der Waals surface area contributed by atoms with E-state index in [1.807, 2.05) is 0 Å². The molecule has 0 bridgehead atoms. The first kappa shape index (κ1) is 38.6. The number of carbonyl (C=O) groups excluding carboxylic acids is 1. The number of aliphatic hydroxyl groups excluding tert-OH is 1. The van der Waals surface area contributed by atoms with Crippen LogP contribution in [-0.2, 0) is 34.4 Å². The normalized spacial score (nSPS) is 18.2. The molecule has 0 fully saturated rings. The van der Waals surface area contributed by atoms with Gasteiger partial charge in [0.05, 0.1) is 72.7 Å². The van der Waals surface area contributed by atoms with Gasteiger partial charge in [0.1, 0.15) is 12.4 Å². The van der Waals surface area contributed by atoms with E-state index in [4.69, 9.17) is 25.1 Å². The Morgan fingerprint density at radius 1 is 0.900 bits per heavy atom. The second-order valence-corrected chi connectivity index (χ2v) is 11.2. The van der Waals surface area contributed by atoms with Crippen LogP contribution in [0.4, 0.5) is 50.0 Å². The van der Waals surface area contributed by atoms with Crippen LogP contribution >= 0.6 is 0 Å². The molecule has 1 aliphatic heterocycles. The van der Waals surface area contributed by atoms with Crippen molar-refractivity contribution in [1.82, 2.24) is 9.97 Å². The van der Waals surface area contributed by atoms with Crippen LogP contribution in [0.15, 0.2) is 42.6 Å². The number of halogens is 9. The maximum Gasteiger partial charge on any atom is 0.416 e. The van der Waals surface area contributed by atoms with E-state index < -0.39 is 71.3 Å². The molecule has 3 atom stereocenters. The van der Waals surface area contributed by atoms with Crippen molar-refractivity contribution in [3.8, 4) is 5.75 Å². The van der Waals surface area contributed by atoms with E-state index in [0.29, 0.717) is 12.1 Å². The Bertz CT molecular complexity index is 1620. The van der Waals surface area contributed by atoms with Crippen LogP contribution in [0.3, 0.4) is 0 Å². The summed E-state index contributed by atoms with van der Waals surface area (Å²) < 4.78 is 140. The summed E-state index contributed by atoms with van der Waals surface area (Å²) in [5.74, 6) is -1.63. The predicted octanol–water partition coefficient (Wildman–Crippen LogP) is 6.73. The molecule has 18 heteroatoms. The molecule has 2 heterocycles. The molecule has 1 aromatic heterocycles. The average Bonchev–Trinajstić information content (AvgIpc) is 3.03. The number of aliphatic hydroxyl groups is 1. The topological polar surface area (TPSA) is 120 Å². The summed E-state index contributed by atoms with van der Waals surface area (Å²) in [6, 6.07) is 1.65. The number of ether oxygens (including phenoxy) is 3. The van der Waals surface area contributed by atoms with Crippen molar-refractivity contribution in [1.29, 1.82) is 0 Å². The first-order valence-electron chi connectivity index (χ1n) is 15.3. The van der Waals surface area contributed by atoms with Crippen LogP contribution in [0.5, 0.6) is 5.75 Å². The maximum atomic E-state index is 13.9. The lowest BCUT2D eigenvalue weighted by molar-refractivity contribution is -0.143. The van der Waals surface area contributed by atoms with E-state index in [1.165, 1.54) is 0 Å². The highest BCUT2D eigenvalue weighted by Crippen LogP contribution is 2.45. The molecule has 3 aromatic rings. The highest BCUT2D eigenvalue weighted by molar-refractivity contribution is 5.91. The summed E-state index contributed by atoms with van der Waals surface area (Å²) >= 11 is 0. The maximum absolute atomic E-state index is 13.9. The summed E-state index contributed by atoms with van der Waals surface area (Å²) in [7, 11) is 0. The molecule has 0 radical (unpaired) electrons. The van der Waals surface area contributed by atoms with Crippen LogP contribution < -0.4 is 15.4 Å². The second kappa shape index (κ2) is 15.4. The zero-order valence-corrected chi connectivity index (χ0v) is 26.6. The summed E-state index contributed by atoms with van der Waals surface area (Å²) in [6.07, 6.45) is -15.3. The molecule has 3 N–H and O–H groups in total. The van der Waals surface area contributed by atoms with Crippen LogP contribution in [0, 0.1) is 0 Å². The minimum atomic E-state index is -5.13. The molecule has 1 aliphatic rings. The third-order valence-electron chi connectivity index (χ3n) is 7.86. The molecular formula is C32H33F9N4O5. The lowest BCUT2D eigenvalue weighted by atomic mass is 9.79. The summed E-state index contributed by atoms with van der Waals surface area (Å²) in [6.45, 7) is 2.55. The van der Waals surface area contributed by atoms with Crippen molar-refractivity contribution >= 4 is 11.8 Å². The Morgan fingerprint density at radius 2 is 1.54 bits per heavy atom. The van der Waals surface area contributed by atoms with Crippen LogP contribution in [-0.4, -0.2) is 66.3 Å². The Labute approximate surface area is 280 Å². The van der Waals surface area contributed by atoms with E-state index in [0.717, 1.165) is 29.3 Å². The number of hydrogen-bond acceptors (Lipinski definition) is 8. The fourth-order valence-electron chi connectivity index (χ4n) is 5.68. The van der Waals surface area contributed by atoms with Gasteiger partial charge in [-0.2, -0.15) is 39.5 Å². The van der Waals surface area contributed by atoms with Gasteiger partial charge in [-0.15, -0.1) is 0 Å². The quantitative estimate of drug-likeness (QED) is 0.165. The van der Waals surface area contributed by atoms with Gasteiger partial charge >= 0.3 is 24.6 Å². The van der Waals surface area contributed by atoms with Gasteiger partial charge in [0, 0.05) is 12.5 Å².